The van der Waals surface area contributed by atoms with Crippen LogP contribution in [0.25, 0.3) is 0 Å². The molecule has 1 saturated heterocycles. The Balaban J connectivity index is 2.04. The van der Waals surface area contributed by atoms with Gasteiger partial charge in [0.05, 0.1) is 0 Å². The maximum Gasteiger partial charge on any atom is 0.0461 e. The highest BCUT2D eigenvalue weighted by Gasteiger charge is 2.21. The average molecular weight is 298 g/mol. The maximum absolute atomic E-state index is 5.90. The number of benzene rings is 1. The van der Waals surface area contributed by atoms with Crippen LogP contribution in [0.1, 0.15) is 12.5 Å². The molecule has 4 heteroatoms. The zero-order valence-electron chi connectivity index (χ0n) is 10.5. The van der Waals surface area contributed by atoms with Crippen molar-refractivity contribution in [3.05, 3.63) is 28.2 Å². The van der Waals surface area contributed by atoms with Crippen LogP contribution in [0.5, 0.6) is 0 Å². The van der Waals surface area contributed by atoms with Gasteiger partial charge in [0, 0.05) is 42.4 Å². The highest BCUT2D eigenvalue weighted by Crippen LogP contribution is 2.25. The molecule has 1 aliphatic heterocycles. The fourth-order valence-electron chi connectivity index (χ4n) is 2.23. The van der Waals surface area contributed by atoms with Crippen LogP contribution in [-0.2, 0) is 6.54 Å². The highest BCUT2D eigenvalue weighted by molar-refractivity contribution is 9.10. The van der Waals surface area contributed by atoms with Crippen molar-refractivity contribution in [1.29, 1.82) is 0 Å². The molecule has 1 aliphatic rings. The second-order valence-electron chi connectivity index (χ2n) is 4.89. The van der Waals surface area contributed by atoms with Crippen molar-refractivity contribution < 1.29 is 0 Å². The lowest BCUT2D eigenvalue weighted by molar-refractivity contribution is 0.0998. The second kappa shape index (κ2) is 5.38. The lowest BCUT2D eigenvalue weighted by Gasteiger charge is -2.37. The summed E-state index contributed by atoms with van der Waals surface area (Å²) in [6.07, 6.45) is 0. The molecule has 1 atom stereocenters. The molecule has 1 heterocycles. The predicted molar refractivity (Wildman–Crippen MR) is 75.9 cm³/mol. The topological polar surface area (TPSA) is 32.5 Å². The number of rotatable bonds is 2. The molecule has 0 aliphatic carbocycles. The van der Waals surface area contributed by atoms with E-state index in [2.05, 4.69) is 45.8 Å². The van der Waals surface area contributed by atoms with E-state index in [9.17, 15) is 0 Å². The van der Waals surface area contributed by atoms with Crippen LogP contribution in [-0.4, -0.2) is 42.5 Å². The summed E-state index contributed by atoms with van der Waals surface area (Å²) in [6, 6.07) is 6.72. The Hall–Kier alpha value is -0.580. The molecule has 2 rings (SSSR count). The first-order valence-corrected chi connectivity index (χ1v) is 6.82. The van der Waals surface area contributed by atoms with Gasteiger partial charge in [-0.25, -0.2) is 0 Å². The van der Waals surface area contributed by atoms with Gasteiger partial charge in [-0.1, -0.05) is 12.1 Å². The molecule has 0 aromatic heterocycles. The summed E-state index contributed by atoms with van der Waals surface area (Å²) in [4.78, 5) is 4.90. The zero-order chi connectivity index (χ0) is 12.4. The number of nitrogens with two attached hydrogens (primary N) is 1. The van der Waals surface area contributed by atoms with Crippen molar-refractivity contribution in [2.24, 2.45) is 0 Å². The first-order chi connectivity index (χ1) is 8.08. The monoisotopic (exact) mass is 297 g/mol. The molecule has 3 nitrogen and oxygen atoms in total. The quantitative estimate of drug-likeness (QED) is 0.849. The summed E-state index contributed by atoms with van der Waals surface area (Å²) >= 11 is 3.57. The van der Waals surface area contributed by atoms with Crippen LogP contribution in [0.15, 0.2) is 22.7 Å². The summed E-state index contributed by atoms with van der Waals surface area (Å²) in [6.45, 7) is 6.64. The van der Waals surface area contributed by atoms with Gasteiger partial charge in [0.1, 0.15) is 0 Å². The SMILES string of the molecule is CC1CN(Cc2cccc(N)c2Br)CCN1C. The Morgan fingerprint density at radius 2 is 2.18 bits per heavy atom. The number of halogens is 1. The van der Waals surface area contributed by atoms with E-state index in [-0.39, 0.29) is 0 Å². The molecule has 1 unspecified atom stereocenters. The lowest BCUT2D eigenvalue weighted by atomic mass is 10.1. The Morgan fingerprint density at radius 1 is 1.41 bits per heavy atom. The average Bonchev–Trinajstić information content (AvgIpc) is 2.30. The zero-order valence-corrected chi connectivity index (χ0v) is 12.1. The van der Waals surface area contributed by atoms with Crippen molar-refractivity contribution in [3.63, 3.8) is 0 Å². The molecular weight excluding hydrogens is 278 g/mol. The number of likely N-dealkylation sites (N-methyl/N-ethyl adjacent to an activating group) is 1. The van der Waals surface area contributed by atoms with E-state index < -0.39 is 0 Å². The second-order valence-corrected chi connectivity index (χ2v) is 5.68. The van der Waals surface area contributed by atoms with Crippen LogP contribution in [0.2, 0.25) is 0 Å². The minimum Gasteiger partial charge on any atom is -0.398 e. The number of hydrogen-bond acceptors (Lipinski definition) is 3. The van der Waals surface area contributed by atoms with Crippen LogP contribution in [0.3, 0.4) is 0 Å². The summed E-state index contributed by atoms with van der Waals surface area (Å²) in [5.41, 5.74) is 8.00. The number of piperazine rings is 1. The fraction of sp³-hybridized carbons (Fsp3) is 0.538. The Kier molecular flexibility index (Phi) is 4.07. The van der Waals surface area contributed by atoms with Crippen molar-refractivity contribution in [2.45, 2.75) is 19.5 Å². The van der Waals surface area contributed by atoms with Gasteiger partial charge < -0.3 is 10.6 Å². The van der Waals surface area contributed by atoms with Gasteiger partial charge in [-0.2, -0.15) is 0 Å². The van der Waals surface area contributed by atoms with E-state index in [0.29, 0.717) is 6.04 Å². The number of hydrogen-bond donors (Lipinski definition) is 1. The number of nitrogens with zero attached hydrogens (tertiary/aromatic N) is 2. The van der Waals surface area contributed by atoms with E-state index in [0.717, 1.165) is 36.3 Å². The summed E-state index contributed by atoms with van der Waals surface area (Å²) in [5.74, 6) is 0. The van der Waals surface area contributed by atoms with E-state index in [4.69, 9.17) is 5.73 Å². The standard InChI is InChI=1S/C13H20BrN3/c1-10-8-17(7-6-16(10)2)9-11-4-3-5-12(15)13(11)14/h3-5,10H,6-9,15H2,1-2H3. The molecule has 0 saturated carbocycles. The first-order valence-electron chi connectivity index (χ1n) is 6.03. The first kappa shape index (κ1) is 12.9. The molecule has 1 aromatic rings. The summed E-state index contributed by atoms with van der Waals surface area (Å²) < 4.78 is 1.05. The molecule has 1 fully saturated rings. The van der Waals surface area contributed by atoms with E-state index in [1.165, 1.54) is 5.56 Å². The molecule has 1 aromatic carbocycles. The van der Waals surface area contributed by atoms with Gasteiger partial charge in [-0.15, -0.1) is 0 Å². The van der Waals surface area contributed by atoms with Gasteiger partial charge in [0.2, 0.25) is 0 Å². The molecule has 0 spiro atoms. The normalized spacial score (nSPS) is 22.9. The minimum absolute atomic E-state index is 0.628. The van der Waals surface area contributed by atoms with Crippen molar-refractivity contribution in [3.8, 4) is 0 Å². The van der Waals surface area contributed by atoms with E-state index in [1.807, 2.05) is 12.1 Å². The van der Waals surface area contributed by atoms with Crippen LogP contribution in [0.4, 0.5) is 5.69 Å². The van der Waals surface area contributed by atoms with Gasteiger partial charge in [0.15, 0.2) is 0 Å². The molecule has 94 valence electrons. The van der Waals surface area contributed by atoms with Crippen molar-refractivity contribution >= 4 is 21.6 Å². The molecule has 2 N–H and O–H groups in total. The Morgan fingerprint density at radius 3 is 2.88 bits per heavy atom. The van der Waals surface area contributed by atoms with Crippen molar-refractivity contribution in [2.75, 3.05) is 32.4 Å². The molecule has 0 bridgehead atoms. The third-order valence-corrected chi connectivity index (χ3v) is 4.51. The summed E-state index contributed by atoms with van der Waals surface area (Å²) in [7, 11) is 2.19. The third-order valence-electron chi connectivity index (χ3n) is 3.55. The maximum atomic E-state index is 5.90. The fourth-order valence-corrected chi connectivity index (χ4v) is 2.62. The largest absolute Gasteiger partial charge is 0.398 e. The van der Waals surface area contributed by atoms with Gasteiger partial charge in [-0.05, 0) is 41.5 Å². The molecule has 0 radical (unpaired) electrons. The van der Waals surface area contributed by atoms with Gasteiger partial charge in [0.25, 0.3) is 0 Å². The lowest BCUT2D eigenvalue weighted by Crippen LogP contribution is -2.49. The minimum atomic E-state index is 0.628. The van der Waals surface area contributed by atoms with Crippen LogP contribution in [0, 0.1) is 0 Å². The Labute approximate surface area is 112 Å². The number of anilines is 1. The smallest absolute Gasteiger partial charge is 0.0461 e. The predicted octanol–water partition coefficient (Wildman–Crippen LogP) is 2.17. The Bertz CT molecular complexity index is 394. The van der Waals surface area contributed by atoms with Gasteiger partial charge in [-0.3, -0.25) is 4.90 Å². The highest BCUT2D eigenvalue weighted by atomic mass is 79.9. The van der Waals surface area contributed by atoms with Crippen LogP contribution >= 0.6 is 15.9 Å². The van der Waals surface area contributed by atoms with E-state index >= 15 is 0 Å². The molecule has 0 amide bonds. The number of nitrogen functional groups attached to an aromatic ring is 1. The van der Waals surface area contributed by atoms with Crippen molar-refractivity contribution in [1.82, 2.24) is 9.80 Å². The molecular formula is C13H20BrN3. The summed E-state index contributed by atoms with van der Waals surface area (Å²) in [5, 5.41) is 0. The van der Waals surface area contributed by atoms with E-state index in [1.54, 1.807) is 0 Å². The van der Waals surface area contributed by atoms with Crippen LogP contribution < -0.4 is 5.73 Å². The third kappa shape index (κ3) is 3.00. The van der Waals surface area contributed by atoms with Gasteiger partial charge >= 0.3 is 0 Å². The molecule has 17 heavy (non-hydrogen) atoms.